The van der Waals surface area contributed by atoms with Crippen LogP contribution >= 0.6 is 0 Å². The smallest absolute Gasteiger partial charge is 0.287 e. The van der Waals surface area contributed by atoms with Crippen molar-refractivity contribution in [2.75, 3.05) is 6.61 Å². The molecule has 0 bridgehead atoms. The minimum atomic E-state index is -0.312. The zero-order valence-corrected chi connectivity index (χ0v) is 10.7. The average molecular weight is 267 g/mol. The van der Waals surface area contributed by atoms with Crippen molar-refractivity contribution in [2.24, 2.45) is 5.10 Å². The van der Waals surface area contributed by atoms with E-state index in [9.17, 15) is 4.79 Å². The molecule has 100 valence electrons. The zero-order chi connectivity index (χ0) is 14.2. The highest BCUT2D eigenvalue weighted by atomic mass is 16.5. The SMILES string of the molecule is C#CCOc1ccccc1/C=N\NC(=O)c1ccc[nH]1. The van der Waals surface area contributed by atoms with E-state index in [4.69, 9.17) is 11.2 Å². The second-order valence-electron chi connectivity index (χ2n) is 3.81. The van der Waals surface area contributed by atoms with Crippen molar-refractivity contribution in [1.82, 2.24) is 10.4 Å². The van der Waals surface area contributed by atoms with Gasteiger partial charge in [-0.1, -0.05) is 18.1 Å². The monoisotopic (exact) mass is 267 g/mol. The van der Waals surface area contributed by atoms with Crippen LogP contribution in [0, 0.1) is 12.3 Å². The van der Waals surface area contributed by atoms with Crippen LogP contribution in [0.3, 0.4) is 0 Å². The Kier molecular flexibility index (Phi) is 4.57. The van der Waals surface area contributed by atoms with Crippen molar-refractivity contribution >= 4 is 12.1 Å². The number of carbonyl (C=O) groups excluding carboxylic acids is 1. The molecule has 1 aromatic heterocycles. The van der Waals surface area contributed by atoms with Gasteiger partial charge in [-0.05, 0) is 24.3 Å². The summed E-state index contributed by atoms with van der Waals surface area (Å²) in [6, 6.07) is 10.7. The fourth-order valence-electron chi connectivity index (χ4n) is 1.53. The van der Waals surface area contributed by atoms with Crippen LogP contribution in [0.2, 0.25) is 0 Å². The van der Waals surface area contributed by atoms with Crippen LogP contribution in [0.1, 0.15) is 16.1 Å². The van der Waals surface area contributed by atoms with Crippen molar-refractivity contribution in [3.63, 3.8) is 0 Å². The molecule has 0 saturated carbocycles. The molecule has 0 spiro atoms. The number of hydrazone groups is 1. The minimum absolute atomic E-state index is 0.180. The number of rotatable bonds is 5. The second-order valence-corrected chi connectivity index (χ2v) is 3.81. The van der Waals surface area contributed by atoms with Gasteiger partial charge in [0.05, 0.1) is 6.21 Å². The Morgan fingerprint density at radius 3 is 3.00 bits per heavy atom. The Morgan fingerprint density at radius 2 is 2.25 bits per heavy atom. The molecule has 0 aliphatic heterocycles. The number of nitrogens with zero attached hydrogens (tertiary/aromatic N) is 1. The highest BCUT2D eigenvalue weighted by Crippen LogP contribution is 2.15. The fourth-order valence-corrected chi connectivity index (χ4v) is 1.53. The summed E-state index contributed by atoms with van der Waals surface area (Å²) < 4.78 is 5.37. The summed E-state index contributed by atoms with van der Waals surface area (Å²) in [7, 11) is 0. The molecule has 0 atom stereocenters. The number of benzene rings is 1. The highest BCUT2D eigenvalue weighted by Gasteiger charge is 2.04. The van der Waals surface area contributed by atoms with Crippen molar-refractivity contribution in [3.05, 3.63) is 53.9 Å². The molecule has 20 heavy (non-hydrogen) atoms. The average Bonchev–Trinajstić information content (AvgIpc) is 3.00. The van der Waals surface area contributed by atoms with Gasteiger partial charge in [-0.2, -0.15) is 5.10 Å². The Balaban J connectivity index is 2.01. The molecule has 5 nitrogen and oxygen atoms in total. The maximum Gasteiger partial charge on any atom is 0.287 e. The van der Waals surface area contributed by atoms with E-state index < -0.39 is 0 Å². The summed E-state index contributed by atoms with van der Waals surface area (Å²) in [6.45, 7) is 0.180. The van der Waals surface area contributed by atoms with E-state index in [1.54, 1.807) is 24.4 Å². The molecule has 2 N–H and O–H groups in total. The first-order chi connectivity index (χ1) is 9.81. The summed E-state index contributed by atoms with van der Waals surface area (Å²) in [5, 5.41) is 3.89. The number of aromatic amines is 1. The lowest BCUT2D eigenvalue weighted by Crippen LogP contribution is -2.17. The van der Waals surface area contributed by atoms with E-state index in [1.165, 1.54) is 6.21 Å². The Labute approximate surface area is 116 Å². The lowest BCUT2D eigenvalue weighted by Gasteiger charge is -2.05. The lowest BCUT2D eigenvalue weighted by atomic mass is 10.2. The molecule has 0 radical (unpaired) electrons. The van der Waals surface area contributed by atoms with Crippen molar-refractivity contribution in [1.29, 1.82) is 0 Å². The van der Waals surface area contributed by atoms with Gasteiger partial charge in [-0.15, -0.1) is 6.42 Å². The highest BCUT2D eigenvalue weighted by molar-refractivity contribution is 5.93. The fraction of sp³-hybridized carbons (Fsp3) is 0.0667. The number of carbonyl (C=O) groups is 1. The van der Waals surface area contributed by atoms with Gasteiger partial charge < -0.3 is 9.72 Å². The maximum absolute atomic E-state index is 11.6. The van der Waals surface area contributed by atoms with E-state index in [-0.39, 0.29) is 12.5 Å². The third kappa shape index (κ3) is 3.50. The first kappa shape index (κ1) is 13.4. The Hall–Kier alpha value is -3.00. The number of para-hydroxylation sites is 1. The van der Waals surface area contributed by atoms with Crippen LogP contribution in [0.5, 0.6) is 5.75 Å². The van der Waals surface area contributed by atoms with Gasteiger partial charge in [-0.3, -0.25) is 4.79 Å². The van der Waals surface area contributed by atoms with Crippen LogP contribution in [0.15, 0.2) is 47.7 Å². The van der Waals surface area contributed by atoms with Gasteiger partial charge in [0.1, 0.15) is 18.1 Å². The molecule has 2 rings (SSSR count). The molecule has 0 saturated heterocycles. The molecular weight excluding hydrogens is 254 g/mol. The standard InChI is InChI=1S/C15H13N3O2/c1-2-10-20-14-8-4-3-6-12(14)11-17-18-15(19)13-7-5-9-16-13/h1,3-9,11,16H,10H2,(H,18,19)/b17-11-. The van der Waals surface area contributed by atoms with Crippen LogP contribution in [-0.4, -0.2) is 23.7 Å². The first-order valence-corrected chi connectivity index (χ1v) is 5.93. The molecule has 1 amide bonds. The maximum atomic E-state index is 11.6. The van der Waals surface area contributed by atoms with Crippen LogP contribution < -0.4 is 10.2 Å². The largest absolute Gasteiger partial charge is 0.480 e. The van der Waals surface area contributed by atoms with Gasteiger partial charge in [0.25, 0.3) is 5.91 Å². The summed E-state index contributed by atoms with van der Waals surface area (Å²) in [4.78, 5) is 14.4. The number of amides is 1. The quantitative estimate of drug-likeness (QED) is 0.493. The lowest BCUT2D eigenvalue weighted by molar-refractivity contribution is 0.0951. The molecule has 0 unspecified atom stereocenters. The third-order valence-electron chi connectivity index (χ3n) is 2.44. The minimum Gasteiger partial charge on any atom is -0.480 e. The number of hydrogen-bond acceptors (Lipinski definition) is 3. The molecule has 0 aliphatic rings. The van der Waals surface area contributed by atoms with E-state index in [0.717, 1.165) is 5.56 Å². The van der Waals surface area contributed by atoms with Gasteiger partial charge in [0.15, 0.2) is 0 Å². The topological polar surface area (TPSA) is 66.5 Å². The van der Waals surface area contributed by atoms with Crippen LogP contribution in [0.4, 0.5) is 0 Å². The molecule has 0 aliphatic carbocycles. The van der Waals surface area contributed by atoms with Gasteiger partial charge in [0.2, 0.25) is 0 Å². The van der Waals surface area contributed by atoms with Gasteiger partial charge in [0, 0.05) is 11.8 Å². The van der Waals surface area contributed by atoms with Gasteiger partial charge in [-0.25, -0.2) is 5.43 Å². The zero-order valence-electron chi connectivity index (χ0n) is 10.7. The van der Waals surface area contributed by atoms with Crippen molar-refractivity contribution in [3.8, 4) is 18.1 Å². The second kappa shape index (κ2) is 6.81. The van der Waals surface area contributed by atoms with Crippen molar-refractivity contribution in [2.45, 2.75) is 0 Å². The van der Waals surface area contributed by atoms with E-state index in [2.05, 4.69) is 21.4 Å². The summed E-state index contributed by atoms with van der Waals surface area (Å²) >= 11 is 0. The van der Waals surface area contributed by atoms with E-state index in [1.807, 2.05) is 18.2 Å². The summed E-state index contributed by atoms with van der Waals surface area (Å²) in [6.07, 6.45) is 8.33. The number of terminal acetylenes is 1. The number of aromatic nitrogens is 1. The predicted octanol–water partition coefficient (Wildman–Crippen LogP) is 1.79. The normalized spacial score (nSPS) is 10.2. The number of H-pyrrole nitrogens is 1. The van der Waals surface area contributed by atoms with E-state index in [0.29, 0.717) is 11.4 Å². The Morgan fingerprint density at radius 1 is 1.40 bits per heavy atom. The summed E-state index contributed by atoms with van der Waals surface area (Å²) in [5.74, 6) is 2.70. The molecule has 0 fully saturated rings. The van der Waals surface area contributed by atoms with Gasteiger partial charge >= 0.3 is 0 Å². The third-order valence-corrected chi connectivity index (χ3v) is 2.44. The molecular formula is C15H13N3O2. The van der Waals surface area contributed by atoms with Crippen LogP contribution in [-0.2, 0) is 0 Å². The molecule has 1 aromatic carbocycles. The number of nitrogens with one attached hydrogen (secondary N) is 2. The number of ether oxygens (including phenoxy) is 1. The molecule has 1 heterocycles. The molecule has 5 heteroatoms. The predicted molar refractivity (Wildman–Crippen MR) is 76.6 cm³/mol. The van der Waals surface area contributed by atoms with Crippen molar-refractivity contribution < 1.29 is 9.53 Å². The first-order valence-electron chi connectivity index (χ1n) is 5.93. The Bertz CT molecular complexity index is 639. The van der Waals surface area contributed by atoms with E-state index >= 15 is 0 Å². The van der Waals surface area contributed by atoms with Crippen LogP contribution in [0.25, 0.3) is 0 Å². The number of hydrogen-bond donors (Lipinski definition) is 2. The summed E-state index contributed by atoms with van der Waals surface area (Å²) in [5.41, 5.74) is 3.59. The molecule has 2 aromatic rings.